The number of nitro groups is 1. The molecule has 0 unspecified atom stereocenters. The molecule has 21 heavy (non-hydrogen) atoms. The third-order valence-electron chi connectivity index (χ3n) is 2.74. The van der Waals surface area contributed by atoms with Crippen LogP contribution in [0.2, 0.25) is 5.02 Å². The minimum atomic E-state index is -0.524. The van der Waals surface area contributed by atoms with E-state index >= 15 is 0 Å². The van der Waals surface area contributed by atoms with Gasteiger partial charge in [-0.15, -0.1) is 0 Å². The zero-order valence-corrected chi connectivity index (χ0v) is 12.3. The Balaban J connectivity index is 2.40. The maximum absolute atomic E-state index is 11.1. The predicted octanol–water partition coefficient (Wildman–Crippen LogP) is 4.18. The number of pyridine rings is 1. The molecule has 110 valence electrons. The van der Waals surface area contributed by atoms with E-state index in [0.29, 0.717) is 23.1 Å². The summed E-state index contributed by atoms with van der Waals surface area (Å²) in [6.07, 6.45) is 0. The molecular formula is C14H14ClN3O3. The van der Waals surface area contributed by atoms with Crippen LogP contribution in [-0.2, 0) is 0 Å². The summed E-state index contributed by atoms with van der Waals surface area (Å²) in [5.41, 5.74) is 0.582. The minimum Gasteiger partial charge on any atom is -0.433 e. The first-order valence-electron chi connectivity index (χ1n) is 6.34. The molecule has 0 aliphatic carbocycles. The smallest absolute Gasteiger partial charge is 0.331 e. The number of ether oxygens (including phenoxy) is 1. The fourth-order valence-corrected chi connectivity index (χ4v) is 1.98. The van der Waals surface area contributed by atoms with Gasteiger partial charge < -0.3 is 10.1 Å². The van der Waals surface area contributed by atoms with Gasteiger partial charge in [0.2, 0.25) is 0 Å². The average molecular weight is 308 g/mol. The summed E-state index contributed by atoms with van der Waals surface area (Å²) >= 11 is 5.88. The molecule has 1 aromatic heterocycles. The molecule has 0 fully saturated rings. The number of aryl methyl sites for hydroxylation is 1. The van der Waals surface area contributed by atoms with E-state index in [1.165, 1.54) is 6.07 Å². The van der Waals surface area contributed by atoms with Crippen LogP contribution in [0.5, 0.6) is 11.6 Å². The van der Waals surface area contributed by atoms with Gasteiger partial charge in [-0.05, 0) is 43.7 Å². The van der Waals surface area contributed by atoms with E-state index < -0.39 is 4.92 Å². The van der Waals surface area contributed by atoms with Crippen molar-refractivity contribution in [1.82, 2.24) is 4.98 Å². The molecule has 0 bridgehead atoms. The molecule has 1 aromatic carbocycles. The summed E-state index contributed by atoms with van der Waals surface area (Å²) in [4.78, 5) is 14.7. The molecule has 0 aliphatic heterocycles. The maximum Gasteiger partial charge on any atom is 0.331 e. The molecule has 0 aliphatic rings. The van der Waals surface area contributed by atoms with E-state index in [-0.39, 0.29) is 11.6 Å². The fraction of sp³-hybridized carbons (Fsp3) is 0.214. The molecule has 0 amide bonds. The van der Waals surface area contributed by atoms with Crippen LogP contribution in [0, 0.1) is 17.0 Å². The lowest BCUT2D eigenvalue weighted by molar-refractivity contribution is -0.386. The van der Waals surface area contributed by atoms with Crippen molar-refractivity contribution < 1.29 is 9.66 Å². The first-order chi connectivity index (χ1) is 10.0. The number of benzene rings is 1. The highest BCUT2D eigenvalue weighted by molar-refractivity contribution is 6.30. The fourth-order valence-electron chi connectivity index (χ4n) is 1.76. The van der Waals surface area contributed by atoms with Gasteiger partial charge in [0.05, 0.1) is 4.92 Å². The number of hydrogen-bond donors (Lipinski definition) is 1. The molecule has 0 saturated heterocycles. The van der Waals surface area contributed by atoms with E-state index in [2.05, 4.69) is 10.3 Å². The SMILES string of the molecule is CCNc1ccc([N+](=O)[O-])c(Oc2ccc(Cl)cc2C)n1. The zero-order valence-electron chi connectivity index (χ0n) is 11.6. The largest absolute Gasteiger partial charge is 0.433 e. The molecule has 6 nitrogen and oxygen atoms in total. The number of nitrogens with zero attached hydrogens (tertiary/aromatic N) is 2. The number of halogens is 1. The highest BCUT2D eigenvalue weighted by Gasteiger charge is 2.19. The van der Waals surface area contributed by atoms with E-state index in [1.54, 1.807) is 31.2 Å². The van der Waals surface area contributed by atoms with Crippen LogP contribution >= 0.6 is 11.6 Å². The summed E-state index contributed by atoms with van der Waals surface area (Å²) in [5.74, 6) is 0.942. The van der Waals surface area contributed by atoms with Crippen LogP contribution in [0.1, 0.15) is 12.5 Å². The molecule has 7 heteroatoms. The van der Waals surface area contributed by atoms with Crippen molar-refractivity contribution in [2.45, 2.75) is 13.8 Å². The van der Waals surface area contributed by atoms with Gasteiger partial charge in [-0.3, -0.25) is 10.1 Å². The molecule has 2 rings (SSSR count). The van der Waals surface area contributed by atoms with Crippen LogP contribution in [0.3, 0.4) is 0 Å². The highest BCUT2D eigenvalue weighted by atomic mass is 35.5. The van der Waals surface area contributed by atoms with Crippen molar-refractivity contribution in [3.05, 3.63) is 51.0 Å². The Hall–Kier alpha value is -2.34. The van der Waals surface area contributed by atoms with Gasteiger partial charge in [-0.2, -0.15) is 4.98 Å². The number of anilines is 1. The molecular weight excluding hydrogens is 294 g/mol. The molecule has 0 radical (unpaired) electrons. The first kappa shape index (κ1) is 15.1. The van der Waals surface area contributed by atoms with Gasteiger partial charge >= 0.3 is 11.6 Å². The monoisotopic (exact) mass is 307 g/mol. The first-order valence-corrected chi connectivity index (χ1v) is 6.72. The van der Waals surface area contributed by atoms with Crippen LogP contribution in [0.15, 0.2) is 30.3 Å². The van der Waals surface area contributed by atoms with Crippen molar-refractivity contribution in [3.8, 4) is 11.6 Å². The van der Waals surface area contributed by atoms with Crippen molar-refractivity contribution in [3.63, 3.8) is 0 Å². The van der Waals surface area contributed by atoms with Crippen LogP contribution < -0.4 is 10.1 Å². The van der Waals surface area contributed by atoms with Crippen LogP contribution in [0.4, 0.5) is 11.5 Å². The van der Waals surface area contributed by atoms with E-state index in [0.717, 1.165) is 5.56 Å². The van der Waals surface area contributed by atoms with Gasteiger partial charge in [0, 0.05) is 17.6 Å². The second-order valence-corrected chi connectivity index (χ2v) is 4.76. The Kier molecular flexibility index (Phi) is 4.59. The maximum atomic E-state index is 11.1. The molecule has 0 saturated carbocycles. The number of nitrogens with one attached hydrogen (secondary N) is 1. The zero-order chi connectivity index (χ0) is 15.4. The van der Waals surface area contributed by atoms with E-state index in [4.69, 9.17) is 16.3 Å². The van der Waals surface area contributed by atoms with Gasteiger partial charge in [-0.1, -0.05) is 11.6 Å². The molecule has 2 aromatic rings. The Morgan fingerprint density at radius 1 is 1.38 bits per heavy atom. The highest BCUT2D eigenvalue weighted by Crippen LogP contribution is 2.33. The van der Waals surface area contributed by atoms with Gasteiger partial charge in [0.25, 0.3) is 0 Å². The number of hydrogen-bond acceptors (Lipinski definition) is 5. The quantitative estimate of drug-likeness (QED) is 0.662. The topological polar surface area (TPSA) is 77.3 Å². The normalized spacial score (nSPS) is 10.2. The Bertz CT molecular complexity index is 677. The summed E-state index contributed by atoms with van der Waals surface area (Å²) in [5, 5.41) is 14.6. The van der Waals surface area contributed by atoms with Crippen molar-refractivity contribution in [1.29, 1.82) is 0 Å². The van der Waals surface area contributed by atoms with Crippen LogP contribution in [-0.4, -0.2) is 16.5 Å². The predicted molar refractivity (Wildman–Crippen MR) is 81.3 cm³/mol. The summed E-state index contributed by atoms with van der Waals surface area (Å²) in [6, 6.07) is 7.94. The Morgan fingerprint density at radius 3 is 2.76 bits per heavy atom. The lowest BCUT2D eigenvalue weighted by atomic mass is 10.2. The standard InChI is InChI=1S/C14H14ClN3O3/c1-3-16-13-7-5-11(18(19)20)14(17-13)21-12-6-4-10(15)8-9(12)2/h4-8H,3H2,1-2H3,(H,16,17). The lowest BCUT2D eigenvalue weighted by Crippen LogP contribution is -2.02. The third kappa shape index (κ3) is 3.61. The Labute approximate surface area is 126 Å². The summed E-state index contributed by atoms with van der Waals surface area (Å²) in [6.45, 7) is 4.37. The minimum absolute atomic E-state index is 0.0520. The second kappa shape index (κ2) is 6.41. The van der Waals surface area contributed by atoms with Crippen molar-refractivity contribution in [2.75, 3.05) is 11.9 Å². The van der Waals surface area contributed by atoms with Gasteiger partial charge in [0.1, 0.15) is 11.6 Å². The van der Waals surface area contributed by atoms with Crippen LogP contribution in [0.25, 0.3) is 0 Å². The molecule has 0 atom stereocenters. The average Bonchev–Trinajstić information content (AvgIpc) is 2.42. The van der Waals surface area contributed by atoms with Gasteiger partial charge in [-0.25, -0.2) is 0 Å². The second-order valence-electron chi connectivity index (χ2n) is 4.32. The van der Waals surface area contributed by atoms with Crippen molar-refractivity contribution >= 4 is 23.1 Å². The number of aromatic nitrogens is 1. The van der Waals surface area contributed by atoms with Gasteiger partial charge in [0.15, 0.2) is 0 Å². The summed E-state index contributed by atoms with van der Waals surface area (Å²) < 4.78 is 5.59. The van der Waals surface area contributed by atoms with Crippen molar-refractivity contribution in [2.24, 2.45) is 0 Å². The molecule has 0 spiro atoms. The number of rotatable bonds is 5. The Morgan fingerprint density at radius 2 is 2.14 bits per heavy atom. The third-order valence-corrected chi connectivity index (χ3v) is 2.97. The lowest BCUT2D eigenvalue weighted by Gasteiger charge is -2.10. The summed E-state index contributed by atoms with van der Waals surface area (Å²) in [7, 11) is 0. The van der Waals surface area contributed by atoms with E-state index in [9.17, 15) is 10.1 Å². The molecule has 1 heterocycles. The molecule has 1 N–H and O–H groups in total. The van der Waals surface area contributed by atoms with E-state index in [1.807, 2.05) is 6.92 Å².